The van der Waals surface area contributed by atoms with E-state index in [1.54, 1.807) is 6.92 Å². The summed E-state index contributed by atoms with van der Waals surface area (Å²) in [6, 6.07) is -3.63. The number of alkyl halides is 3. The highest BCUT2D eigenvalue weighted by molar-refractivity contribution is 5.98. The Labute approximate surface area is 183 Å². The topological polar surface area (TPSA) is 124 Å². The molecule has 1 aliphatic heterocycles. The van der Waals surface area contributed by atoms with Crippen molar-refractivity contribution in [2.75, 3.05) is 6.54 Å². The summed E-state index contributed by atoms with van der Waals surface area (Å²) in [5.41, 5.74) is 0. The maximum Gasteiger partial charge on any atom is 0.452 e. The maximum atomic E-state index is 13.1. The average Bonchev–Trinajstić information content (AvgIpc) is 3.43. The molecule has 0 aliphatic carbocycles. The van der Waals surface area contributed by atoms with Crippen LogP contribution in [0.3, 0.4) is 0 Å². The molecular weight excluding hydrogens is 431 g/mol. The molecule has 0 saturated carbocycles. The number of halogens is 3. The standard InChI is InChI=1S/C20H28F3N5O4/c1-3-6-12(15(29)20(21,22)23)26-17(30)14-8-5-11-28(14)19(32)13(7-4-2)27-18(31)16-24-9-10-25-16/h9-10,12-14H,3-8,11H2,1-2H3,(H,24,25)(H,26,30)(H,27,31)/t12-,13-,14-/m0/s1. The van der Waals surface area contributed by atoms with Crippen molar-refractivity contribution in [2.45, 2.75) is 76.7 Å². The Balaban J connectivity index is 2.12. The Morgan fingerprint density at radius 3 is 2.38 bits per heavy atom. The monoisotopic (exact) mass is 459 g/mol. The van der Waals surface area contributed by atoms with Crippen LogP contribution in [0.2, 0.25) is 0 Å². The van der Waals surface area contributed by atoms with Gasteiger partial charge in [0.1, 0.15) is 12.1 Å². The zero-order chi connectivity index (χ0) is 23.9. The lowest BCUT2D eigenvalue weighted by molar-refractivity contribution is -0.174. The number of Topliss-reactive ketones (excluding diaryl/α,β-unsaturated/α-hetero) is 1. The molecule has 3 N–H and O–H groups in total. The molecule has 0 spiro atoms. The highest BCUT2D eigenvalue weighted by Crippen LogP contribution is 2.23. The van der Waals surface area contributed by atoms with Gasteiger partial charge in [-0.3, -0.25) is 19.2 Å². The lowest BCUT2D eigenvalue weighted by Gasteiger charge is -2.29. The van der Waals surface area contributed by atoms with E-state index in [1.807, 2.05) is 6.92 Å². The molecule has 9 nitrogen and oxygen atoms in total. The minimum absolute atomic E-state index is 0.0303. The summed E-state index contributed by atoms with van der Waals surface area (Å²) in [4.78, 5) is 57.6. The van der Waals surface area contributed by atoms with Gasteiger partial charge in [-0.25, -0.2) is 4.98 Å². The SMILES string of the molecule is CCC[C@H](NC(=O)c1ncc[nH]1)C(=O)N1CCC[C@H]1C(=O)N[C@@H](CCC)C(=O)C(F)(F)F. The highest BCUT2D eigenvalue weighted by atomic mass is 19.4. The molecule has 0 unspecified atom stereocenters. The van der Waals surface area contributed by atoms with Gasteiger partial charge in [-0.2, -0.15) is 13.2 Å². The third-order valence-corrected chi connectivity index (χ3v) is 5.22. The molecule has 1 fully saturated rings. The van der Waals surface area contributed by atoms with Crippen LogP contribution in [-0.2, 0) is 14.4 Å². The minimum atomic E-state index is -5.07. The van der Waals surface area contributed by atoms with Crippen LogP contribution in [0.25, 0.3) is 0 Å². The van der Waals surface area contributed by atoms with Crippen molar-refractivity contribution < 1.29 is 32.3 Å². The first-order valence-electron chi connectivity index (χ1n) is 10.6. The number of carbonyl (C=O) groups is 4. The number of hydrogen-bond donors (Lipinski definition) is 3. The van der Waals surface area contributed by atoms with Crippen molar-refractivity contribution in [3.63, 3.8) is 0 Å². The van der Waals surface area contributed by atoms with Crippen LogP contribution in [0.1, 0.15) is 63.0 Å². The van der Waals surface area contributed by atoms with Gasteiger partial charge in [0.25, 0.3) is 11.7 Å². The second-order valence-electron chi connectivity index (χ2n) is 7.65. The van der Waals surface area contributed by atoms with Crippen molar-refractivity contribution in [1.82, 2.24) is 25.5 Å². The number of aromatic nitrogens is 2. The number of hydrogen-bond acceptors (Lipinski definition) is 5. The number of carbonyl (C=O) groups excluding carboxylic acids is 4. The van der Waals surface area contributed by atoms with Gasteiger partial charge in [-0.1, -0.05) is 26.7 Å². The first-order valence-corrected chi connectivity index (χ1v) is 10.6. The third-order valence-electron chi connectivity index (χ3n) is 5.22. The van der Waals surface area contributed by atoms with Crippen molar-refractivity contribution in [2.24, 2.45) is 0 Å². The fourth-order valence-corrected chi connectivity index (χ4v) is 3.69. The number of amides is 3. The van der Waals surface area contributed by atoms with Crippen LogP contribution in [-0.4, -0.2) is 69.2 Å². The summed E-state index contributed by atoms with van der Waals surface area (Å²) in [6.45, 7) is 3.65. The predicted octanol–water partition coefficient (Wildman–Crippen LogP) is 1.72. The van der Waals surface area contributed by atoms with Crippen LogP contribution < -0.4 is 10.6 Å². The van der Waals surface area contributed by atoms with Crippen LogP contribution in [0.5, 0.6) is 0 Å². The van der Waals surface area contributed by atoms with Gasteiger partial charge in [0, 0.05) is 18.9 Å². The molecule has 32 heavy (non-hydrogen) atoms. The highest BCUT2D eigenvalue weighted by Gasteiger charge is 2.45. The van der Waals surface area contributed by atoms with Crippen molar-refractivity contribution in [3.8, 4) is 0 Å². The number of aromatic amines is 1. The fraction of sp³-hybridized carbons (Fsp3) is 0.650. The van der Waals surface area contributed by atoms with E-state index in [4.69, 9.17) is 0 Å². The largest absolute Gasteiger partial charge is 0.452 e. The second kappa shape index (κ2) is 11.1. The van der Waals surface area contributed by atoms with E-state index < -0.39 is 47.8 Å². The summed E-state index contributed by atoms with van der Waals surface area (Å²) in [6.07, 6.45) is -0.523. The van der Waals surface area contributed by atoms with Gasteiger partial charge in [0.2, 0.25) is 11.8 Å². The van der Waals surface area contributed by atoms with Crippen molar-refractivity contribution in [3.05, 3.63) is 18.2 Å². The zero-order valence-electron chi connectivity index (χ0n) is 18.0. The molecule has 2 heterocycles. The normalized spacial score (nSPS) is 18.2. The van der Waals surface area contributed by atoms with Gasteiger partial charge in [-0.15, -0.1) is 0 Å². The molecule has 2 rings (SSSR count). The minimum Gasteiger partial charge on any atom is -0.344 e. The molecule has 0 bridgehead atoms. The molecule has 0 aromatic carbocycles. The number of imidazole rings is 1. The van der Waals surface area contributed by atoms with E-state index in [1.165, 1.54) is 17.3 Å². The smallest absolute Gasteiger partial charge is 0.344 e. The van der Waals surface area contributed by atoms with Gasteiger partial charge >= 0.3 is 6.18 Å². The molecule has 1 aliphatic rings. The Morgan fingerprint density at radius 2 is 1.81 bits per heavy atom. The molecule has 3 atom stereocenters. The number of nitrogens with one attached hydrogen (secondary N) is 3. The molecule has 1 aromatic heterocycles. The van der Waals surface area contributed by atoms with E-state index in [0.29, 0.717) is 19.3 Å². The Morgan fingerprint density at radius 1 is 1.16 bits per heavy atom. The molecule has 3 amide bonds. The number of likely N-dealkylation sites (tertiary alicyclic amines) is 1. The van der Waals surface area contributed by atoms with E-state index in [9.17, 15) is 32.3 Å². The van der Waals surface area contributed by atoms with Crippen molar-refractivity contribution in [1.29, 1.82) is 0 Å². The lowest BCUT2D eigenvalue weighted by atomic mass is 10.1. The Bertz CT molecular complexity index is 813. The van der Waals surface area contributed by atoms with Crippen LogP contribution >= 0.6 is 0 Å². The van der Waals surface area contributed by atoms with E-state index in [-0.39, 0.29) is 31.6 Å². The summed E-state index contributed by atoms with van der Waals surface area (Å²) in [5.74, 6) is -3.88. The molecule has 1 aromatic rings. The number of rotatable bonds is 10. The van der Waals surface area contributed by atoms with Gasteiger partial charge < -0.3 is 20.5 Å². The average molecular weight is 459 g/mol. The molecule has 0 radical (unpaired) electrons. The third kappa shape index (κ3) is 6.30. The molecule has 1 saturated heterocycles. The Hall–Kier alpha value is -2.92. The van der Waals surface area contributed by atoms with E-state index in [0.717, 1.165) is 0 Å². The molecule has 178 valence electrons. The van der Waals surface area contributed by atoms with Crippen molar-refractivity contribution >= 4 is 23.5 Å². The number of H-pyrrole nitrogens is 1. The summed E-state index contributed by atoms with van der Waals surface area (Å²) < 4.78 is 38.6. The van der Waals surface area contributed by atoms with Gasteiger partial charge in [0.15, 0.2) is 5.82 Å². The van der Waals surface area contributed by atoms with E-state index in [2.05, 4.69) is 20.6 Å². The summed E-state index contributed by atoms with van der Waals surface area (Å²) in [7, 11) is 0. The van der Waals surface area contributed by atoms with Crippen LogP contribution in [0.15, 0.2) is 12.4 Å². The second-order valence-corrected chi connectivity index (χ2v) is 7.65. The Kier molecular flexibility index (Phi) is 8.79. The summed E-state index contributed by atoms with van der Waals surface area (Å²) in [5, 5.41) is 4.78. The van der Waals surface area contributed by atoms with Crippen LogP contribution in [0, 0.1) is 0 Å². The van der Waals surface area contributed by atoms with E-state index >= 15 is 0 Å². The molecule has 12 heteroatoms. The fourth-order valence-electron chi connectivity index (χ4n) is 3.69. The first-order chi connectivity index (χ1) is 15.1. The lowest BCUT2D eigenvalue weighted by Crippen LogP contribution is -2.56. The number of ketones is 1. The van der Waals surface area contributed by atoms with Gasteiger partial charge in [0.05, 0.1) is 6.04 Å². The number of nitrogens with zero attached hydrogens (tertiary/aromatic N) is 2. The first kappa shape index (κ1) is 25.3. The quantitative estimate of drug-likeness (QED) is 0.492. The molecular formula is C20H28F3N5O4. The van der Waals surface area contributed by atoms with Crippen LogP contribution in [0.4, 0.5) is 13.2 Å². The predicted molar refractivity (Wildman–Crippen MR) is 107 cm³/mol. The summed E-state index contributed by atoms with van der Waals surface area (Å²) >= 11 is 0. The van der Waals surface area contributed by atoms with Gasteiger partial charge in [-0.05, 0) is 25.7 Å². The maximum absolute atomic E-state index is 13.1. The zero-order valence-corrected chi connectivity index (χ0v) is 18.0.